The normalized spacial score (nSPS) is 15.7. The van der Waals surface area contributed by atoms with Crippen LogP contribution in [0.3, 0.4) is 0 Å². The summed E-state index contributed by atoms with van der Waals surface area (Å²) in [4.78, 5) is 2.62. The van der Waals surface area contributed by atoms with Crippen LogP contribution in [0.2, 0.25) is 0 Å². The largest absolute Gasteiger partial charge is 0.379 e. The molecule has 0 atom stereocenters. The number of hydrogen-bond acceptors (Lipinski definition) is 4. The van der Waals surface area contributed by atoms with Crippen molar-refractivity contribution in [1.29, 1.82) is 0 Å². The third kappa shape index (κ3) is 4.13. The first kappa shape index (κ1) is 18.0. The average molecular weight is 382 g/mol. The van der Waals surface area contributed by atoms with Crippen molar-refractivity contribution < 1.29 is 13.2 Å². The van der Waals surface area contributed by atoms with Gasteiger partial charge in [0.2, 0.25) is 0 Å². The number of sulfonamides is 1. The molecular formula is C21H22N2O3S. The lowest BCUT2D eigenvalue weighted by molar-refractivity contribution is 0.0342. The maximum absolute atomic E-state index is 12.9. The fraction of sp³-hybridized carbons (Fsp3) is 0.238. The van der Waals surface area contributed by atoms with Crippen LogP contribution in [-0.4, -0.2) is 39.6 Å². The van der Waals surface area contributed by atoms with Crippen molar-refractivity contribution in [3.05, 3.63) is 72.3 Å². The molecule has 0 unspecified atom stereocenters. The lowest BCUT2D eigenvalue weighted by Crippen LogP contribution is -2.35. The molecule has 0 aliphatic carbocycles. The van der Waals surface area contributed by atoms with Gasteiger partial charge in [-0.2, -0.15) is 0 Å². The first-order chi connectivity index (χ1) is 13.1. The van der Waals surface area contributed by atoms with Crippen LogP contribution < -0.4 is 4.72 Å². The molecule has 27 heavy (non-hydrogen) atoms. The predicted octanol–water partition coefficient (Wildman–Crippen LogP) is 3.47. The number of hydrogen-bond donors (Lipinski definition) is 1. The van der Waals surface area contributed by atoms with Crippen molar-refractivity contribution in [2.45, 2.75) is 11.4 Å². The van der Waals surface area contributed by atoms with Gasteiger partial charge in [-0.1, -0.05) is 48.5 Å². The van der Waals surface area contributed by atoms with Crippen molar-refractivity contribution in [1.82, 2.24) is 4.90 Å². The average Bonchev–Trinajstić information content (AvgIpc) is 2.70. The Morgan fingerprint density at radius 1 is 0.889 bits per heavy atom. The van der Waals surface area contributed by atoms with E-state index >= 15 is 0 Å². The Hall–Kier alpha value is -2.41. The van der Waals surface area contributed by atoms with Crippen LogP contribution in [0.1, 0.15) is 5.56 Å². The lowest BCUT2D eigenvalue weighted by Gasteiger charge is -2.26. The van der Waals surface area contributed by atoms with Gasteiger partial charge in [-0.25, -0.2) is 8.42 Å². The standard InChI is InChI=1S/C21H22N2O3S/c24-27(25,21-7-3-5-18-4-1-2-6-20(18)21)22-19-10-8-17(9-11-19)16-23-12-14-26-15-13-23/h1-11,22H,12-16H2. The summed E-state index contributed by atoms with van der Waals surface area (Å²) in [5, 5.41) is 1.62. The van der Waals surface area contributed by atoms with E-state index in [1.54, 1.807) is 12.1 Å². The van der Waals surface area contributed by atoms with Crippen LogP contribution in [0.5, 0.6) is 0 Å². The Bertz CT molecular complexity index is 1020. The summed E-state index contributed by atoms with van der Waals surface area (Å²) < 4.78 is 33.8. The second-order valence-electron chi connectivity index (χ2n) is 6.67. The fourth-order valence-corrected chi connectivity index (χ4v) is 4.63. The second-order valence-corrected chi connectivity index (χ2v) is 8.32. The molecule has 3 aromatic carbocycles. The smallest absolute Gasteiger partial charge is 0.262 e. The van der Waals surface area contributed by atoms with Gasteiger partial charge in [-0.3, -0.25) is 9.62 Å². The van der Waals surface area contributed by atoms with E-state index in [9.17, 15) is 8.42 Å². The quantitative estimate of drug-likeness (QED) is 0.734. The highest BCUT2D eigenvalue weighted by atomic mass is 32.2. The minimum absolute atomic E-state index is 0.290. The van der Waals surface area contributed by atoms with Crippen molar-refractivity contribution in [2.24, 2.45) is 0 Å². The number of anilines is 1. The van der Waals surface area contributed by atoms with E-state index in [4.69, 9.17) is 4.74 Å². The number of ether oxygens (including phenoxy) is 1. The highest BCUT2D eigenvalue weighted by molar-refractivity contribution is 7.93. The topological polar surface area (TPSA) is 58.6 Å². The van der Waals surface area contributed by atoms with Gasteiger partial charge >= 0.3 is 0 Å². The zero-order valence-electron chi connectivity index (χ0n) is 15.0. The Morgan fingerprint density at radius 3 is 2.37 bits per heavy atom. The number of rotatable bonds is 5. The van der Waals surface area contributed by atoms with Gasteiger partial charge in [-0.15, -0.1) is 0 Å². The second kappa shape index (κ2) is 7.68. The summed E-state index contributed by atoms with van der Waals surface area (Å²) in [6.45, 7) is 4.23. The summed E-state index contributed by atoms with van der Waals surface area (Å²) in [7, 11) is -3.66. The van der Waals surface area contributed by atoms with Crippen molar-refractivity contribution >= 4 is 26.5 Å². The fourth-order valence-electron chi connectivity index (χ4n) is 3.34. The molecule has 5 nitrogen and oxygen atoms in total. The Balaban J connectivity index is 1.52. The number of nitrogens with zero attached hydrogens (tertiary/aromatic N) is 1. The van der Waals surface area contributed by atoms with E-state index in [-0.39, 0.29) is 4.90 Å². The van der Waals surface area contributed by atoms with Crippen LogP contribution in [-0.2, 0) is 21.3 Å². The maximum Gasteiger partial charge on any atom is 0.262 e. The van der Waals surface area contributed by atoms with Gasteiger partial charge in [0.15, 0.2) is 0 Å². The molecular weight excluding hydrogens is 360 g/mol. The lowest BCUT2D eigenvalue weighted by atomic mass is 10.1. The SMILES string of the molecule is O=S(=O)(Nc1ccc(CN2CCOCC2)cc1)c1cccc2ccccc12. The van der Waals surface area contributed by atoms with E-state index < -0.39 is 10.0 Å². The van der Waals surface area contributed by atoms with Gasteiger partial charge in [0, 0.05) is 30.7 Å². The molecule has 0 radical (unpaired) electrons. The first-order valence-corrected chi connectivity index (χ1v) is 10.5. The molecule has 4 rings (SSSR count). The summed E-state index contributed by atoms with van der Waals surface area (Å²) >= 11 is 0. The van der Waals surface area contributed by atoms with Gasteiger partial charge in [0.05, 0.1) is 18.1 Å². The molecule has 0 amide bonds. The molecule has 6 heteroatoms. The maximum atomic E-state index is 12.9. The van der Waals surface area contributed by atoms with E-state index in [1.807, 2.05) is 54.6 Å². The number of fused-ring (bicyclic) bond motifs is 1. The molecule has 1 fully saturated rings. The van der Waals surface area contributed by atoms with Gasteiger partial charge in [-0.05, 0) is 29.1 Å². The summed E-state index contributed by atoms with van der Waals surface area (Å²) in [5.41, 5.74) is 1.72. The van der Waals surface area contributed by atoms with E-state index in [2.05, 4.69) is 9.62 Å². The van der Waals surface area contributed by atoms with Gasteiger partial charge in [0.25, 0.3) is 10.0 Å². The number of morpholine rings is 1. The number of benzene rings is 3. The van der Waals surface area contributed by atoms with Crippen LogP contribution in [0.25, 0.3) is 10.8 Å². The first-order valence-electron chi connectivity index (χ1n) is 9.01. The van der Waals surface area contributed by atoms with Crippen molar-refractivity contribution in [3.8, 4) is 0 Å². The zero-order valence-corrected chi connectivity index (χ0v) is 15.8. The van der Waals surface area contributed by atoms with Crippen LogP contribution >= 0.6 is 0 Å². The highest BCUT2D eigenvalue weighted by Gasteiger charge is 2.17. The van der Waals surface area contributed by atoms with Gasteiger partial charge < -0.3 is 4.74 Å². The zero-order chi connectivity index (χ0) is 18.7. The summed E-state index contributed by atoms with van der Waals surface area (Å²) in [5.74, 6) is 0. The molecule has 1 N–H and O–H groups in total. The Morgan fingerprint density at radius 2 is 1.59 bits per heavy atom. The van der Waals surface area contributed by atoms with Crippen LogP contribution in [0.4, 0.5) is 5.69 Å². The Labute approximate surface area is 159 Å². The molecule has 0 bridgehead atoms. The molecule has 140 valence electrons. The number of nitrogens with one attached hydrogen (secondary N) is 1. The van der Waals surface area contributed by atoms with E-state index in [1.165, 1.54) is 0 Å². The van der Waals surface area contributed by atoms with E-state index in [0.717, 1.165) is 49.2 Å². The molecule has 3 aromatic rings. The van der Waals surface area contributed by atoms with Gasteiger partial charge in [0.1, 0.15) is 0 Å². The third-order valence-electron chi connectivity index (χ3n) is 4.76. The minimum Gasteiger partial charge on any atom is -0.379 e. The van der Waals surface area contributed by atoms with Crippen molar-refractivity contribution in [2.75, 3.05) is 31.0 Å². The Kier molecular flexibility index (Phi) is 5.11. The summed E-state index contributed by atoms with van der Waals surface area (Å²) in [6, 6.07) is 20.4. The molecule has 0 spiro atoms. The van der Waals surface area contributed by atoms with E-state index in [0.29, 0.717) is 5.69 Å². The highest BCUT2D eigenvalue weighted by Crippen LogP contribution is 2.25. The van der Waals surface area contributed by atoms with Crippen LogP contribution in [0, 0.1) is 0 Å². The monoisotopic (exact) mass is 382 g/mol. The molecule has 0 aromatic heterocycles. The molecule has 1 heterocycles. The van der Waals surface area contributed by atoms with Crippen molar-refractivity contribution in [3.63, 3.8) is 0 Å². The molecule has 1 aliphatic heterocycles. The van der Waals surface area contributed by atoms with Crippen LogP contribution in [0.15, 0.2) is 71.6 Å². The molecule has 1 saturated heterocycles. The summed E-state index contributed by atoms with van der Waals surface area (Å²) in [6.07, 6.45) is 0. The third-order valence-corrected chi connectivity index (χ3v) is 6.19. The predicted molar refractivity (Wildman–Crippen MR) is 107 cm³/mol. The molecule has 1 aliphatic rings. The molecule has 0 saturated carbocycles. The minimum atomic E-state index is -3.66.